The summed E-state index contributed by atoms with van der Waals surface area (Å²) in [4.78, 5) is 8.63. The lowest BCUT2D eigenvalue weighted by Crippen LogP contribution is -1.99. The van der Waals surface area contributed by atoms with Gasteiger partial charge >= 0.3 is 0 Å². The molecule has 0 spiro atoms. The molecule has 2 N–H and O–H groups in total. The molecular formula is C14H14N6. The maximum atomic E-state index is 5.68. The van der Waals surface area contributed by atoms with Gasteiger partial charge < -0.3 is 5.73 Å². The van der Waals surface area contributed by atoms with Gasteiger partial charge in [0.15, 0.2) is 0 Å². The molecule has 6 heteroatoms. The van der Waals surface area contributed by atoms with Crippen LogP contribution in [0.3, 0.4) is 0 Å². The van der Waals surface area contributed by atoms with E-state index in [-0.39, 0.29) is 0 Å². The fraction of sp³-hybridized carbons (Fsp3) is 0.143. The molecule has 3 aromatic heterocycles. The predicted octanol–water partition coefficient (Wildman–Crippen LogP) is 1.92. The summed E-state index contributed by atoms with van der Waals surface area (Å²) >= 11 is 0. The Balaban J connectivity index is 2.06. The summed E-state index contributed by atoms with van der Waals surface area (Å²) in [6.07, 6.45) is 6.86. The maximum Gasteiger partial charge on any atom is 0.142 e. The molecule has 6 nitrogen and oxygen atoms in total. The van der Waals surface area contributed by atoms with Gasteiger partial charge in [0, 0.05) is 23.5 Å². The fourth-order valence-electron chi connectivity index (χ4n) is 2.18. The second-order valence-corrected chi connectivity index (χ2v) is 4.66. The summed E-state index contributed by atoms with van der Waals surface area (Å²) in [7, 11) is 0. The van der Waals surface area contributed by atoms with Crippen LogP contribution < -0.4 is 5.73 Å². The molecule has 100 valence electrons. The van der Waals surface area contributed by atoms with E-state index in [0.29, 0.717) is 5.82 Å². The van der Waals surface area contributed by atoms with E-state index in [1.165, 1.54) is 0 Å². The number of nitrogens with two attached hydrogens (primary N) is 1. The van der Waals surface area contributed by atoms with Crippen LogP contribution in [0.15, 0.2) is 37.2 Å². The van der Waals surface area contributed by atoms with Crippen LogP contribution in [-0.2, 0) is 0 Å². The number of anilines is 1. The molecule has 0 fully saturated rings. The summed E-state index contributed by atoms with van der Waals surface area (Å²) < 4.78 is 1.78. The first-order valence-corrected chi connectivity index (χ1v) is 6.19. The van der Waals surface area contributed by atoms with Crippen molar-refractivity contribution in [1.29, 1.82) is 0 Å². The van der Waals surface area contributed by atoms with Crippen molar-refractivity contribution in [2.45, 2.75) is 13.8 Å². The normalized spacial score (nSPS) is 10.7. The molecule has 0 radical (unpaired) electrons. The SMILES string of the molecule is Cc1cc(N)ncc1-c1cnc(-n2cnnc2)c(C)c1. The van der Waals surface area contributed by atoms with Gasteiger partial charge in [-0.15, -0.1) is 10.2 Å². The van der Waals surface area contributed by atoms with Crippen LogP contribution in [0.5, 0.6) is 0 Å². The number of aryl methyl sites for hydroxylation is 2. The van der Waals surface area contributed by atoms with Crippen LogP contribution in [0.25, 0.3) is 16.9 Å². The van der Waals surface area contributed by atoms with Crippen molar-refractivity contribution in [3.8, 4) is 16.9 Å². The molecule has 0 saturated heterocycles. The van der Waals surface area contributed by atoms with E-state index in [0.717, 1.165) is 28.1 Å². The zero-order valence-electron chi connectivity index (χ0n) is 11.3. The molecule has 0 bridgehead atoms. The molecule has 0 unspecified atom stereocenters. The van der Waals surface area contributed by atoms with Crippen molar-refractivity contribution >= 4 is 5.82 Å². The molecule has 0 saturated carbocycles. The molecule has 0 atom stereocenters. The highest BCUT2D eigenvalue weighted by Crippen LogP contribution is 2.25. The summed E-state index contributed by atoms with van der Waals surface area (Å²) in [6.45, 7) is 4.02. The number of rotatable bonds is 2. The summed E-state index contributed by atoms with van der Waals surface area (Å²) in [6, 6.07) is 3.93. The van der Waals surface area contributed by atoms with Gasteiger partial charge in [-0.05, 0) is 37.1 Å². The first-order valence-electron chi connectivity index (χ1n) is 6.19. The van der Waals surface area contributed by atoms with Crippen molar-refractivity contribution in [2.75, 3.05) is 5.73 Å². The highest BCUT2D eigenvalue weighted by Gasteiger charge is 2.08. The van der Waals surface area contributed by atoms with Gasteiger partial charge in [-0.25, -0.2) is 9.97 Å². The largest absolute Gasteiger partial charge is 0.384 e. The van der Waals surface area contributed by atoms with Gasteiger partial charge in [-0.1, -0.05) is 0 Å². The van der Waals surface area contributed by atoms with E-state index in [9.17, 15) is 0 Å². The standard InChI is InChI=1S/C14H14N6/c1-9-4-13(15)16-6-12(9)11-3-10(2)14(17-5-11)20-7-18-19-8-20/h3-8H,1-2H3,(H2,15,16). The Morgan fingerprint density at radius 1 is 0.950 bits per heavy atom. The monoisotopic (exact) mass is 266 g/mol. The minimum absolute atomic E-state index is 0.525. The second kappa shape index (κ2) is 4.73. The van der Waals surface area contributed by atoms with Gasteiger partial charge in [0.25, 0.3) is 0 Å². The third-order valence-corrected chi connectivity index (χ3v) is 3.16. The lowest BCUT2D eigenvalue weighted by molar-refractivity contribution is 0.973. The zero-order valence-corrected chi connectivity index (χ0v) is 11.3. The minimum Gasteiger partial charge on any atom is -0.384 e. The van der Waals surface area contributed by atoms with Gasteiger partial charge in [0.05, 0.1) is 0 Å². The van der Waals surface area contributed by atoms with E-state index < -0.39 is 0 Å². The topological polar surface area (TPSA) is 82.5 Å². The van der Waals surface area contributed by atoms with E-state index in [1.807, 2.05) is 26.1 Å². The number of hydrogen-bond acceptors (Lipinski definition) is 5. The van der Waals surface area contributed by atoms with Crippen LogP contribution in [0, 0.1) is 13.8 Å². The van der Waals surface area contributed by atoms with Crippen molar-refractivity contribution < 1.29 is 0 Å². The summed E-state index contributed by atoms with van der Waals surface area (Å²) in [5, 5.41) is 7.59. The van der Waals surface area contributed by atoms with Crippen LogP contribution in [0.2, 0.25) is 0 Å². The number of pyridine rings is 2. The van der Waals surface area contributed by atoms with Crippen LogP contribution in [0.4, 0.5) is 5.82 Å². The maximum absolute atomic E-state index is 5.68. The zero-order chi connectivity index (χ0) is 14.1. The number of nitrogens with zero attached hydrogens (tertiary/aromatic N) is 5. The van der Waals surface area contributed by atoms with Gasteiger partial charge in [-0.2, -0.15) is 0 Å². The Labute approximate surface area is 116 Å². The first-order chi connectivity index (χ1) is 9.65. The molecule has 0 aromatic carbocycles. The number of aromatic nitrogens is 5. The van der Waals surface area contributed by atoms with Gasteiger partial charge in [0.1, 0.15) is 24.3 Å². The van der Waals surface area contributed by atoms with E-state index in [4.69, 9.17) is 5.73 Å². The summed E-state index contributed by atoms with van der Waals surface area (Å²) in [5.41, 5.74) is 9.85. The quantitative estimate of drug-likeness (QED) is 0.766. The lowest BCUT2D eigenvalue weighted by atomic mass is 10.0. The highest BCUT2D eigenvalue weighted by atomic mass is 15.2. The molecule has 3 heterocycles. The van der Waals surface area contributed by atoms with Crippen molar-refractivity contribution in [3.63, 3.8) is 0 Å². The molecule has 0 aliphatic rings. The van der Waals surface area contributed by atoms with E-state index in [2.05, 4.69) is 26.2 Å². The molecule has 0 aliphatic heterocycles. The van der Waals surface area contributed by atoms with Crippen molar-refractivity contribution in [3.05, 3.63) is 48.3 Å². The highest BCUT2D eigenvalue weighted by molar-refractivity contribution is 5.68. The first kappa shape index (κ1) is 12.3. The average molecular weight is 266 g/mol. The lowest BCUT2D eigenvalue weighted by Gasteiger charge is -2.09. The minimum atomic E-state index is 0.525. The predicted molar refractivity (Wildman–Crippen MR) is 76.3 cm³/mol. The number of hydrogen-bond donors (Lipinski definition) is 1. The third-order valence-electron chi connectivity index (χ3n) is 3.16. The molecular weight excluding hydrogens is 252 g/mol. The molecule has 0 aliphatic carbocycles. The van der Waals surface area contributed by atoms with Gasteiger partial charge in [-0.3, -0.25) is 4.57 Å². The fourth-order valence-corrected chi connectivity index (χ4v) is 2.18. The Bertz CT molecular complexity index is 748. The van der Waals surface area contributed by atoms with Crippen molar-refractivity contribution in [1.82, 2.24) is 24.7 Å². The average Bonchev–Trinajstić information content (AvgIpc) is 2.92. The Morgan fingerprint density at radius 2 is 1.70 bits per heavy atom. The van der Waals surface area contributed by atoms with E-state index in [1.54, 1.807) is 23.4 Å². The van der Waals surface area contributed by atoms with Crippen LogP contribution >= 0.6 is 0 Å². The molecule has 3 aromatic rings. The van der Waals surface area contributed by atoms with Crippen molar-refractivity contribution in [2.24, 2.45) is 0 Å². The molecule has 20 heavy (non-hydrogen) atoms. The van der Waals surface area contributed by atoms with Crippen LogP contribution in [0.1, 0.15) is 11.1 Å². The number of nitrogen functional groups attached to an aromatic ring is 1. The smallest absolute Gasteiger partial charge is 0.142 e. The molecule has 0 amide bonds. The molecule has 3 rings (SSSR count). The Hall–Kier alpha value is -2.76. The second-order valence-electron chi connectivity index (χ2n) is 4.66. The Morgan fingerprint density at radius 3 is 2.35 bits per heavy atom. The third kappa shape index (κ3) is 2.11. The summed E-state index contributed by atoms with van der Waals surface area (Å²) in [5.74, 6) is 1.34. The van der Waals surface area contributed by atoms with Crippen LogP contribution in [-0.4, -0.2) is 24.7 Å². The Kier molecular flexibility index (Phi) is 2.90. The van der Waals surface area contributed by atoms with Gasteiger partial charge in [0.2, 0.25) is 0 Å². The van der Waals surface area contributed by atoms with E-state index >= 15 is 0 Å².